The maximum Gasteiger partial charge on any atom is 0.266 e. The van der Waals surface area contributed by atoms with Crippen molar-refractivity contribution in [3.63, 3.8) is 0 Å². The largest absolute Gasteiger partial charge is 0.322 e. The number of aryl methyl sites for hydroxylation is 2. The van der Waals surface area contributed by atoms with Gasteiger partial charge in [0.05, 0.1) is 21.7 Å². The van der Waals surface area contributed by atoms with Crippen molar-refractivity contribution in [2.45, 2.75) is 18.7 Å². The number of carbonyl (C=O) groups is 3. The van der Waals surface area contributed by atoms with Crippen LogP contribution in [0.2, 0.25) is 0 Å². The number of hydrogen-bond acceptors (Lipinski definition) is 7. The second kappa shape index (κ2) is 9.52. The highest BCUT2D eigenvalue weighted by Crippen LogP contribution is 2.29. The highest BCUT2D eigenvalue weighted by molar-refractivity contribution is 7.92. The van der Waals surface area contributed by atoms with Crippen molar-refractivity contribution < 1.29 is 22.8 Å². The summed E-state index contributed by atoms with van der Waals surface area (Å²) < 4.78 is 27.9. The van der Waals surface area contributed by atoms with Crippen LogP contribution in [0.5, 0.6) is 0 Å². The zero-order valence-electron chi connectivity index (χ0n) is 20.3. The van der Waals surface area contributed by atoms with E-state index in [1.807, 2.05) is 0 Å². The van der Waals surface area contributed by atoms with E-state index in [2.05, 4.69) is 20.0 Å². The number of rotatable bonds is 6. The van der Waals surface area contributed by atoms with Gasteiger partial charge in [0.25, 0.3) is 27.7 Å². The fraction of sp³-hybridized carbons (Fsp3) is 0.0741. The minimum atomic E-state index is -3.91. The Morgan fingerprint density at radius 3 is 2.11 bits per heavy atom. The molecule has 1 aromatic heterocycles. The Bertz CT molecular complexity index is 1660. The molecule has 1 aliphatic rings. The van der Waals surface area contributed by atoms with Gasteiger partial charge in [-0.2, -0.15) is 0 Å². The fourth-order valence-corrected chi connectivity index (χ4v) is 5.09. The Kier molecular flexibility index (Phi) is 6.21. The third-order valence-electron chi connectivity index (χ3n) is 5.79. The van der Waals surface area contributed by atoms with E-state index in [4.69, 9.17) is 0 Å². The highest BCUT2D eigenvalue weighted by atomic mass is 32.2. The standard InChI is InChI=1S/C27H21N5O5S/c1-16-14-24(29-17(2)28-16)31-38(36,37)21-12-10-19(11-13-21)30-25(33)18-6-5-7-20(15-18)32-26(34)22-8-3-4-9-23(22)27(32)35/h3-15H,1-2H3,(H,30,33)(H,28,29,31). The summed E-state index contributed by atoms with van der Waals surface area (Å²) in [4.78, 5) is 47.7. The molecule has 2 heterocycles. The van der Waals surface area contributed by atoms with Crippen LogP contribution in [0.1, 0.15) is 42.6 Å². The van der Waals surface area contributed by atoms with Gasteiger partial charge in [-0.15, -0.1) is 0 Å². The van der Waals surface area contributed by atoms with Crippen molar-refractivity contribution >= 4 is 44.9 Å². The number of fused-ring (bicyclic) bond motifs is 1. The molecule has 0 radical (unpaired) electrons. The number of sulfonamides is 1. The normalized spacial score (nSPS) is 12.8. The Morgan fingerprint density at radius 2 is 1.47 bits per heavy atom. The van der Waals surface area contributed by atoms with Gasteiger partial charge < -0.3 is 5.32 Å². The molecule has 0 atom stereocenters. The maximum atomic E-state index is 12.9. The molecular weight excluding hydrogens is 506 g/mol. The Hall–Kier alpha value is -4.90. The van der Waals surface area contributed by atoms with Crippen LogP contribution in [0.25, 0.3) is 0 Å². The molecule has 38 heavy (non-hydrogen) atoms. The van der Waals surface area contributed by atoms with Crippen molar-refractivity contribution in [2.75, 3.05) is 14.9 Å². The minimum absolute atomic E-state index is 0.0166. The first-order chi connectivity index (χ1) is 18.1. The lowest BCUT2D eigenvalue weighted by Crippen LogP contribution is -2.29. The molecule has 11 heteroatoms. The lowest BCUT2D eigenvalue weighted by atomic mass is 10.1. The molecule has 190 valence electrons. The number of amides is 3. The molecule has 0 unspecified atom stereocenters. The van der Waals surface area contributed by atoms with Crippen molar-refractivity contribution in [1.82, 2.24) is 9.97 Å². The van der Waals surface area contributed by atoms with Crippen LogP contribution in [0.4, 0.5) is 17.2 Å². The molecular formula is C27H21N5O5S. The number of nitrogens with one attached hydrogen (secondary N) is 2. The Balaban J connectivity index is 1.31. The van der Waals surface area contributed by atoms with Gasteiger partial charge >= 0.3 is 0 Å². The van der Waals surface area contributed by atoms with Crippen LogP contribution >= 0.6 is 0 Å². The smallest absolute Gasteiger partial charge is 0.266 e. The van der Waals surface area contributed by atoms with Crippen LogP contribution in [-0.2, 0) is 10.0 Å². The first kappa shape index (κ1) is 24.8. The Labute approximate surface area is 218 Å². The lowest BCUT2D eigenvalue weighted by Gasteiger charge is -2.15. The van der Waals surface area contributed by atoms with Gasteiger partial charge in [0, 0.05) is 23.0 Å². The second-order valence-electron chi connectivity index (χ2n) is 8.57. The molecule has 3 amide bonds. The van der Waals surface area contributed by atoms with Gasteiger partial charge in [0.1, 0.15) is 11.6 Å². The predicted octanol–water partition coefficient (Wildman–Crippen LogP) is 3.95. The van der Waals surface area contributed by atoms with Crippen LogP contribution in [0.3, 0.4) is 0 Å². The highest BCUT2D eigenvalue weighted by Gasteiger charge is 2.36. The van der Waals surface area contributed by atoms with Gasteiger partial charge in [-0.3, -0.25) is 19.1 Å². The van der Waals surface area contributed by atoms with Gasteiger partial charge in [0.2, 0.25) is 0 Å². The van der Waals surface area contributed by atoms with Gasteiger partial charge in [-0.1, -0.05) is 18.2 Å². The molecule has 2 N–H and O–H groups in total. The molecule has 1 aliphatic heterocycles. The molecule has 0 aliphatic carbocycles. The van der Waals surface area contributed by atoms with E-state index >= 15 is 0 Å². The van der Waals surface area contributed by atoms with Crippen LogP contribution in [-0.4, -0.2) is 36.1 Å². The predicted molar refractivity (Wildman–Crippen MR) is 141 cm³/mol. The van der Waals surface area contributed by atoms with E-state index in [1.54, 1.807) is 56.3 Å². The number of benzene rings is 3. The van der Waals surface area contributed by atoms with E-state index < -0.39 is 27.7 Å². The summed E-state index contributed by atoms with van der Waals surface area (Å²) in [7, 11) is -3.91. The van der Waals surface area contributed by atoms with Crippen LogP contribution in [0.15, 0.2) is 83.8 Å². The summed E-state index contributed by atoms with van der Waals surface area (Å²) in [5, 5.41) is 2.70. The molecule has 0 saturated heterocycles. The molecule has 10 nitrogen and oxygen atoms in total. The first-order valence-corrected chi connectivity index (χ1v) is 12.9. The SMILES string of the molecule is Cc1cc(NS(=O)(=O)c2ccc(NC(=O)c3cccc(N4C(=O)c5ccccc5C4=O)c3)cc2)nc(C)n1. The van der Waals surface area contributed by atoms with Gasteiger partial charge in [-0.25, -0.2) is 23.3 Å². The summed E-state index contributed by atoms with van der Waals surface area (Å²) in [5.74, 6) is -0.816. The quantitative estimate of drug-likeness (QED) is 0.362. The average Bonchev–Trinajstić information content (AvgIpc) is 3.13. The van der Waals surface area contributed by atoms with E-state index in [1.165, 1.54) is 36.4 Å². The number of aromatic nitrogens is 2. The maximum absolute atomic E-state index is 12.9. The third-order valence-corrected chi connectivity index (χ3v) is 7.16. The lowest BCUT2D eigenvalue weighted by molar-refractivity contribution is 0.0924. The van der Waals surface area contributed by atoms with Crippen molar-refractivity contribution in [1.29, 1.82) is 0 Å². The van der Waals surface area contributed by atoms with Gasteiger partial charge in [0.15, 0.2) is 0 Å². The molecule has 4 aromatic rings. The molecule has 3 aromatic carbocycles. The van der Waals surface area contributed by atoms with Crippen molar-refractivity contribution in [3.05, 3.63) is 107 Å². The number of carbonyl (C=O) groups excluding carboxylic acids is 3. The summed E-state index contributed by atoms with van der Waals surface area (Å²) in [6.07, 6.45) is 0. The molecule has 0 bridgehead atoms. The topological polar surface area (TPSA) is 138 Å². The van der Waals surface area contributed by atoms with E-state index in [-0.39, 0.29) is 22.0 Å². The summed E-state index contributed by atoms with van der Waals surface area (Å²) in [6.45, 7) is 3.40. The molecule has 0 spiro atoms. The summed E-state index contributed by atoms with van der Waals surface area (Å²) in [6, 6.07) is 19.8. The number of nitrogens with zero attached hydrogens (tertiary/aromatic N) is 3. The van der Waals surface area contributed by atoms with E-state index in [0.717, 1.165) is 4.90 Å². The minimum Gasteiger partial charge on any atom is -0.322 e. The average molecular weight is 528 g/mol. The van der Waals surface area contributed by atoms with E-state index in [9.17, 15) is 22.8 Å². The Morgan fingerprint density at radius 1 is 0.816 bits per heavy atom. The number of hydrogen-bond donors (Lipinski definition) is 2. The summed E-state index contributed by atoms with van der Waals surface area (Å²) >= 11 is 0. The van der Waals surface area contributed by atoms with Crippen LogP contribution in [0, 0.1) is 13.8 Å². The molecule has 5 rings (SSSR count). The molecule has 0 fully saturated rings. The van der Waals surface area contributed by atoms with Crippen LogP contribution < -0.4 is 14.9 Å². The van der Waals surface area contributed by atoms with Crippen molar-refractivity contribution in [2.24, 2.45) is 0 Å². The zero-order chi connectivity index (χ0) is 27.0. The monoisotopic (exact) mass is 527 g/mol. The first-order valence-electron chi connectivity index (χ1n) is 11.5. The summed E-state index contributed by atoms with van der Waals surface area (Å²) in [5.41, 5.74) is 2.08. The van der Waals surface area contributed by atoms with Gasteiger partial charge in [-0.05, 0) is 68.4 Å². The molecule has 0 saturated carbocycles. The number of anilines is 3. The zero-order valence-corrected chi connectivity index (χ0v) is 21.1. The number of imide groups is 1. The third kappa shape index (κ3) is 4.74. The second-order valence-corrected chi connectivity index (χ2v) is 10.2. The fourth-order valence-electron chi connectivity index (χ4n) is 4.10. The van der Waals surface area contributed by atoms with Crippen molar-refractivity contribution in [3.8, 4) is 0 Å². The van der Waals surface area contributed by atoms with E-state index in [0.29, 0.717) is 28.3 Å².